The van der Waals surface area contributed by atoms with Crippen LogP contribution in [0.2, 0.25) is 0 Å². The van der Waals surface area contributed by atoms with Gasteiger partial charge in [-0.05, 0) is 32.9 Å². The van der Waals surface area contributed by atoms with E-state index in [1.54, 1.807) is 0 Å². The first-order valence-corrected chi connectivity index (χ1v) is 6.04. The highest BCUT2D eigenvalue weighted by Crippen LogP contribution is 2.26. The van der Waals surface area contributed by atoms with Crippen molar-refractivity contribution < 1.29 is 18.0 Å². The highest BCUT2D eigenvalue weighted by Gasteiger charge is 2.32. The molecule has 0 aromatic carbocycles. The van der Waals surface area contributed by atoms with Crippen molar-refractivity contribution in [2.24, 2.45) is 0 Å². The molecule has 0 spiro atoms. The van der Waals surface area contributed by atoms with Crippen molar-refractivity contribution in [2.45, 2.75) is 38.9 Å². The molecule has 1 heterocycles. The van der Waals surface area contributed by atoms with Gasteiger partial charge in [-0.1, -0.05) is 0 Å². The van der Waals surface area contributed by atoms with Gasteiger partial charge in [-0.2, -0.15) is 13.2 Å². The molecule has 0 fully saturated rings. The minimum atomic E-state index is -4.50. The lowest BCUT2D eigenvalue weighted by Gasteiger charge is -2.20. The zero-order valence-corrected chi connectivity index (χ0v) is 11.5. The molecular weight excluding hydrogens is 273 g/mol. The van der Waals surface area contributed by atoms with E-state index in [2.05, 4.69) is 20.8 Å². The zero-order valence-electron chi connectivity index (χ0n) is 11.5. The Morgan fingerprint density at radius 1 is 1.20 bits per heavy atom. The first kappa shape index (κ1) is 16.2. The van der Waals surface area contributed by atoms with Gasteiger partial charge >= 0.3 is 6.18 Å². The van der Waals surface area contributed by atoms with Gasteiger partial charge in [0.1, 0.15) is 5.82 Å². The summed E-state index contributed by atoms with van der Waals surface area (Å²) in [6.07, 6.45) is -4.31. The van der Waals surface area contributed by atoms with E-state index < -0.39 is 11.9 Å². The van der Waals surface area contributed by atoms with E-state index >= 15 is 0 Å². The maximum Gasteiger partial charge on any atom is 0.435 e. The van der Waals surface area contributed by atoms with Crippen LogP contribution in [0, 0.1) is 0 Å². The smallest absolute Gasteiger partial charge is 0.368 e. The number of aromatic nitrogens is 2. The number of halogens is 3. The fourth-order valence-corrected chi connectivity index (χ4v) is 1.36. The summed E-state index contributed by atoms with van der Waals surface area (Å²) >= 11 is 0. The number of rotatable bonds is 4. The summed E-state index contributed by atoms with van der Waals surface area (Å²) in [6, 6.07) is 2.02. The predicted molar refractivity (Wildman–Crippen MR) is 68.0 cm³/mol. The molecule has 1 aromatic heterocycles. The number of anilines is 1. The molecular formula is C12H17F3N4O. The van der Waals surface area contributed by atoms with Gasteiger partial charge in [-0.15, -0.1) is 10.2 Å². The fourth-order valence-electron chi connectivity index (χ4n) is 1.36. The van der Waals surface area contributed by atoms with Gasteiger partial charge in [-0.3, -0.25) is 4.79 Å². The standard InChI is InChI=1S/C12H17F3N4O/c1-11(2,3)17-10(20)6-7-16-9-5-4-8(18-19-9)12(13,14)15/h4-5H,6-7H2,1-3H3,(H,16,19)(H,17,20). The average Bonchev–Trinajstić information content (AvgIpc) is 2.26. The molecule has 0 atom stereocenters. The first-order chi connectivity index (χ1) is 9.08. The van der Waals surface area contributed by atoms with Crippen molar-refractivity contribution in [2.75, 3.05) is 11.9 Å². The predicted octanol–water partition coefficient (Wildman–Crippen LogP) is 2.21. The Morgan fingerprint density at radius 2 is 1.85 bits per heavy atom. The lowest BCUT2D eigenvalue weighted by atomic mass is 10.1. The average molecular weight is 290 g/mol. The molecule has 5 nitrogen and oxygen atoms in total. The molecule has 2 N–H and O–H groups in total. The minimum Gasteiger partial charge on any atom is -0.368 e. The maximum atomic E-state index is 12.3. The van der Waals surface area contributed by atoms with Gasteiger partial charge in [0, 0.05) is 18.5 Å². The van der Waals surface area contributed by atoms with Gasteiger partial charge in [0.25, 0.3) is 0 Å². The lowest BCUT2D eigenvalue weighted by Crippen LogP contribution is -2.41. The zero-order chi connectivity index (χ0) is 15.4. The monoisotopic (exact) mass is 290 g/mol. The second-order valence-electron chi connectivity index (χ2n) is 5.28. The second-order valence-corrected chi connectivity index (χ2v) is 5.28. The van der Waals surface area contributed by atoms with E-state index in [-0.39, 0.29) is 30.2 Å². The van der Waals surface area contributed by atoms with Crippen molar-refractivity contribution in [3.63, 3.8) is 0 Å². The summed E-state index contributed by atoms with van der Waals surface area (Å²) in [6.45, 7) is 5.85. The molecule has 0 radical (unpaired) electrons. The molecule has 0 aliphatic carbocycles. The van der Waals surface area contributed by atoms with Crippen LogP contribution in [0.4, 0.5) is 19.0 Å². The van der Waals surface area contributed by atoms with Crippen LogP contribution in [0.3, 0.4) is 0 Å². The van der Waals surface area contributed by atoms with Crippen molar-refractivity contribution in [1.29, 1.82) is 0 Å². The number of nitrogens with one attached hydrogen (secondary N) is 2. The Balaban J connectivity index is 2.42. The maximum absolute atomic E-state index is 12.3. The van der Waals surface area contributed by atoms with Gasteiger partial charge < -0.3 is 10.6 Å². The Hall–Kier alpha value is -1.86. The number of amides is 1. The van der Waals surface area contributed by atoms with Crippen LogP contribution in [0.5, 0.6) is 0 Å². The van der Waals surface area contributed by atoms with E-state index in [0.29, 0.717) is 0 Å². The SMILES string of the molecule is CC(C)(C)NC(=O)CCNc1ccc(C(F)(F)F)nn1. The Labute approximate surface area is 115 Å². The van der Waals surface area contributed by atoms with Crippen LogP contribution >= 0.6 is 0 Å². The minimum absolute atomic E-state index is 0.148. The van der Waals surface area contributed by atoms with Crippen LogP contribution in [0.15, 0.2) is 12.1 Å². The summed E-state index contributed by atoms with van der Waals surface area (Å²) in [7, 11) is 0. The molecule has 0 unspecified atom stereocenters. The van der Waals surface area contributed by atoms with E-state index in [0.717, 1.165) is 6.07 Å². The van der Waals surface area contributed by atoms with E-state index in [1.807, 2.05) is 20.8 Å². The van der Waals surface area contributed by atoms with Crippen LogP contribution in [-0.4, -0.2) is 28.2 Å². The Kier molecular flexibility index (Phi) is 4.91. The third-order valence-corrected chi connectivity index (χ3v) is 2.13. The molecule has 0 saturated carbocycles. The van der Waals surface area contributed by atoms with Crippen molar-refractivity contribution in [1.82, 2.24) is 15.5 Å². The molecule has 8 heteroatoms. The molecule has 112 valence electrons. The Morgan fingerprint density at radius 3 is 2.30 bits per heavy atom. The molecule has 0 saturated heterocycles. The molecule has 0 bridgehead atoms. The van der Waals surface area contributed by atoms with Gasteiger partial charge in [-0.25, -0.2) is 0 Å². The van der Waals surface area contributed by atoms with E-state index in [9.17, 15) is 18.0 Å². The Bertz CT molecular complexity index is 451. The number of hydrogen-bond acceptors (Lipinski definition) is 4. The number of carbonyl (C=O) groups excluding carboxylic acids is 1. The molecule has 1 aromatic rings. The van der Waals surface area contributed by atoms with Crippen LogP contribution in [0.25, 0.3) is 0 Å². The quantitative estimate of drug-likeness (QED) is 0.892. The lowest BCUT2D eigenvalue weighted by molar-refractivity contribution is -0.141. The number of hydrogen-bond donors (Lipinski definition) is 2. The summed E-state index contributed by atoms with van der Waals surface area (Å²) < 4.78 is 36.8. The van der Waals surface area contributed by atoms with E-state index in [1.165, 1.54) is 6.07 Å². The van der Waals surface area contributed by atoms with Gasteiger partial charge in [0.2, 0.25) is 5.91 Å². The molecule has 20 heavy (non-hydrogen) atoms. The summed E-state index contributed by atoms with van der Waals surface area (Å²) in [5, 5.41) is 12.0. The largest absolute Gasteiger partial charge is 0.435 e. The summed E-state index contributed by atoms with van der Waals surface area (Å²) in [5.41, 5.74) is -1.36. The highest BCUT2D eigenvalue weighted by molar-refractivity contribution is 5.77. The highest BCUT2D eigenvalue weighted by atomic mass is 19.4. The normalized spacial score (nSPS) is 12.1. The third kappa shape index (κ3) is 5.85. The fraction of sp³-hybridized carbons (Fsp3) is 0.583. The van der Waals surface area contributed by atoms with Crippen LogP contribution < -0.4 is 10.6 Å². The number of alkyl halides is 3. The van der Waals surface area contributed by atoms with Crippen LogP contribution in [0.1, 0.15) is 32.9 Å². The first-order valence-electron chi connectivity index (χ1n) is 6.04. The summed E-state index contributed by atoms with van der Waals surface area (Å²) in [5.74, 6) is 0.0476. The topological polar surface area (TPSA) is 66.9 Å². The van der Waals surface area contributed by atoms with Gasteiger partial charge in [0.05, 0.1) is 0 Å². The van der Waals surface area contributed by atoms with Crippen molar-refractivity contribution in [3.05, 3.63) is 17.8 Å². The molecule has 0 aliphatic heterocycles. The van der Waals surface area contributed by atoms with E-state index in [4.69, 9.17) is 0 Å². The summed E-state index contributed by atoms with van der Waals surface area (Å²) in [4.78, 5) is 11.5. The van der Waals surface area contributed by atoms with Crippen LogP contribution in [-0.2, 0) is 11.0 Å². The van der Waals surface area contributed by atoms with Crippen molar-refractivity contribution >= 4 is 11.7 Å². The van der Waals surface area contributed by atoms with Crippen molar-refractivity contribution in [3.8, 4) is 0 Å². The molecule has 0 aliphatic rings. The molecule has 1 amide bonds. The number of nitrogens with zero attached hydrogens (tertiary/aromatic N) is 2. The number of carbonyl (C=O) groups is 1. The van der Waals surface area contributed by atoms with Gasteiger partial charge in [0.15, 0.2) is 5.69 Å². The second kappa shape index (κ2) is 6.06. The third-order valence-electron chi connectivity index (χ3n) is 2.13. The molecule has 1 rings (SSSR count).